The third-order valence-corrected chi connectivity index (χ3v) is 4.83. The van der Waals surface area contributed by atoms with Crippen LogP contribution in [0.1, 0.15) is 26.3 Å². The minimum atomic E-state index is -3.47. The van der Waals surface area contributed by atoms with Gasteiger partial charge < -0.3 is 13.8 Å². The number of rotatable bonds is 5. The fourth-order valence-corrected chi connectivity index (χ4v) is 2.46. The molecule has 0 heterocycles. The summed E-state index contributed by atoms with van der Waals surface area (Å²) in [6.07, 6.45) is 0. The van der Waals surface area contributed by atoms with Gasteiger partial charge in [0.15, 0.2) is 0 Å². The fourth-order valence-electron chi connectivity index (χ4n) is 1.35. The normalized spacial score (nSPS) is 13.1. The van der Waals surface area contributed by atoms with E-state index < -0.39 is 19.0 Å². The number of hydrogen-bond donors (Lipinski definition) is 0. The number of hydrogen-bond acceptors (Lipinski definition) is 5. The molecule has 0 saturated heterocycles. The monoisotopic (exact) mass is 390 g/mol. The highest BCUT2D eigenvalue weighted by molar-refractivity contribution is 9.10. The van der Waals surface area contributed by atoms with Gasteiger partial charge in [0.1, 0.15) is 5.76 Å². The Labute approximate surface area is 139 Å². The smallest absolute Gasteiger partial charge is 0.357 e. The maximum absolute atomic E-state index is 12.3. The molecule has 0 aliphatic heterocycles. The predicted octanol–water partition coefficient (Wildman–Crippen LogP) is 4.82. The van der Waals surface area contributed by atoms with Gasteiger partial charge in [0, 0.05) is 24.3 Å². The standard InChI is InChI=1S/C15H20BrO5P/c1-15(2,3)14(17)21-13(10-22(18,19-4)20-5)11-6-8-12(16)9-7-11/h6-10H,1-5H3/b13-10-. The Morgan fingerprint density at radius 1 is 1.14 bits per heavy atom. The molecule has 5 nitrogen and oxygen atoms in total. The van der Waals surface area contributed by atoms with E-state index in [9.17, 15) is 9.36 Å². The Morgan fingerprint density at radius 3 is 2.05 bits per heavy atom. The lowest BCUT2D eigenvalue weighted by Crippen LogP contribution is -2.22. The maximum Gasteiger partial charge on any atom is 0.357 e. The van der Waals surface area contributed by atoms with Crippen molar-refractivity contribution in [3.63, 3.8) is 0 Å². The van der Waals surface area contributed by atoms with E-state index in [1.165, 1.54) is 20.0 Å². The van der Waals surface area contributed by atoms with Gasteiger partial charge in [0.2, 0.25) is 0 Å². The molecule has 0 amide bonds. The summed E-state index contributed by atoms with van der Waals surface area (Å²) in [4.78, 5) is 12.1. The first-order valence-electron chi connectivity index (χ1n) is 6.53. The van der Waals surface area contributed by atoms with Crippen LogP contribution in [-0.2, 0) is 23.1 Å². The molecule has 0 fully saturated rings. The molecule has 22 heavy (non-hydrogen) atoms. The van der Waals surface area contributed by atoms with E-state index in [0.717, 1.165) is 4.47 Å². The zero-order valence-corrected chi connectivity index (χ0v) is 15.7. The van der Waals surface area contributed by atoms with E-state index in [0.29, 0.717) is 5.56 Å². The van der Waals surface area contributed by atoms with Crippen molar-refractivity contribution in [2.45, 2.75) is 20.8 Å². The molecular weight excluding hydrogens is 371 g/mol. The first-order valence-corrected chi connectivity index (χ1v) is 8.94. The second kappa shape index (κ2) is 7.55. The molecule has 0 aliphatic rings. The van der Waals surface area contributed by atoms with E-state index in [1.807, 2.05) is 0 Å². The van der Waals surface area contributed by atoms with Crippen LogP contribution in [0.25, 0.3) is 5.76 Å². The van der Waals surface area contributed by atoms with Crippen molar-refractivity contribution in [3.8, 4) is 0 Å². The van der Waals surface area contributed by atoms with Crippen molar-refractivity contribution in [2.75, 3.05) is 14.2 Å². The van der Waals surface area contributed by atoms with E-state index >= 15 is 0 Å². The Bertz CT molecular complexity index is 593. The lowest BCUT2D eigenvalue weighted by atomic mass is 9.97. The van der Waals surface area contributed by atoms with Crippen LogP contribution in [0, 0.1) is 5.41 Å². The number of carbonyl (C=O) groups is 1. The molecule has 0 spiro atoms. The highest BCUT2D eigenvalue weighted by atomic mass is 79.9. The van der Waals surface area contributed by atoms with Gasteiger partial charge in [0.05, 0.1) is 11.2 Å². The second-order valence-corrected chi connectivity index (χ2v) is 8.53. The van der Waals surface area contributed by atoms with Crippen LogP contribution in [0.4, 0.5) is 0 Å². The summed E-state index contributed by atoms with van der Waals surface area (Å²) in [5.74, 6) is 0.903. The first kappa shape index (κ1) is 19.1. The zero-order chi connectivity index (χ0) is 17.0. The molecule has 0 unspecified atom stereocenters. The van der Waals surface area contributed by atoms with Gasteiger partial charge in [-0.05, 0) is 32.9 Å². The topological polar surface area (TPSA) is 61.8 Å². The zero-order valence-electron chi connectivity index (χ0n) is 13.3. The van der Waals surface area contributed by atoms with Crippen molar-refractivity contribution in [2.24, 2.45) is 5.41 Å². The molecule has 0 saturated carbocycles. The molecule has 0 atom stereocenters. The molecule has 0 N–H and O–H groups in total. The van der Waals surface area contributed by atoms with Crippen LogP contribution in [0.2, 0.25) is 0 Å². The Hall–Kier alpha value is -0.940. The molecule has 0 radical (unpaired) electrons. The molecule has 0 aliphatic carbocycles. The molecule has 1 aromatic carbocycles. The average molecular weight is 391 g/mol. The fraction of sp³-hybridized carbons (Fsp3) is 0.400. The van der Waals surface area contributed by atoms with E-state index in [2.05, 4.69) is 15.9 Å². The summed E-state index contributed by atoms with van der Waals surface area (Å²) in [5, 5.41) is 0. The number of benzene rings is 1. The number of ether oxygens (including phenoxy) is 1. The van der Waals surface area contributed by atoms with Crippen LogP contribution >= 0.6 is 23.5 Å². The Balaban J connectivity index is 3.27. The molecule has 122 valence electrons. The maximum atomic E-state index is 12.3. The summed E-state index contributed by atoms with van der Waals surface area (Å²) in [5.41, 5.74) is -0.103. The summed E-state index contributed by atoms with van der Waals surface area (Å²) in [7, 11) is -0.935. The van der Waals surface area contributed by atoms with Gasteiger partial charge in [-0.15, -0.1) is 0 Å². The number of esters is 1. The highest BCUT2D eigenvalue weighted by Crippen LogP contribution is 2.50. The molecule has 7 heteroatoms. The van der Waals surface area contributed by atoms with Crippen molar-refractivity contribution < 1.29 is 23.1 Å². The largest absolute Gasteiger partial charge is 0.425 e. The minimum absolute atomic E-state index is 0.138. The van der Waals surface area contributed by atoms with E-state index in [1.54, 1.807) is 45.0 Å². The van der Waals surface area contributed by atoms with Crippen molar-refractivity contribution in [3.05, 3.63) is 40.1 Å². The molecule has 1 rings (SSSR count). The van der Waals surface area contributed by atoms with Gasteiger partial charge in [-0.25, -0.2) is 0 Å². The van der Waals surface area contributed by atoms with E-state index in [4.69, 9.17) is 13.8 Å². The minimum Gasteiger partial charge on any atom is -0.425 e. The SMILES string of the molecule is COP(=O)(/C=C(\OC(=O)C(C)(C)C)c1ccc(Br)cc1)OC. The van der Waals surface area contributed by atoms with Gasteiger partial charge >= 0.3 is 13.6 Å². The Kier molecular flexibility index (Phi) is 6.56. The summed E-state index contributed by atoms with van der Waals surface area (Å²) < 4.78 is 28.4. The molecule has 0 aromatic heterocycles. The Morgan fingerprint density at radius 2 is 1.64 bits per heavy atom. The van der Waals surface area contributed by atoms with Gasteiger partial charge in [-0.1, -0.05) is 28.1 Å². The third-order valence-electron chi connectivity index (χ3n) is 2.73. The second-order valence-electron chi connectivity index (χ2n) is 5.54. The number of halogens is 1. The lowest BCUT2D eigenvalue weighted by molar-refractivity contribution is -0.145. The van der Waals surface area contributed by atoms with Crippen LogP contribution < -0.4 is 0 Å². The van der Waals surface area contributed by atoms with Crippen molar-refractivity contribution >= 4 is 35.3 Å². The summed E-state index contributed by atoms with van der Waals surface area (Å²) in [6.45, 7) is 5.21. The quantitative estimate of drug-likeness (QED) is 0.409. The van der Waals surface area contributed by atoms with E-state index in [-0.39, 0.29) is 5.76 Å². The predicted molar refractivity (Wildman–Crippen MR) is 89.3 cm³/mol. The van der Waals surface area contributed by atoms with Gasteiger partial charge in [0.25, 0.3) is 0 Å². The molecule has 0 bridgehead atoms. The van der Waals surface area contributed by atoms with Crippen LogP contribution in [0.5, 0.6) is 0 Å². The van der Waals surface area contributed by atoms with Crippen LogP contribution in [0.15, 0.2) is 34.6 Å². The van der Waals surface area contributed by atoms with Crippen LogP contribution in [0.3, 0.4) is 0 Å². The van der Waals surface area contributed by atoms with Crippen molar-refractivity contribution in [1.29, 1.82) is 0 Å². The number of carbonyl (C=O) groups excluding carboxylic acids is 1. The highest BCUT2D eigenvalue weighted by Gasteiger charge is 2.27. The summed E-state index contributed by atoms with van der Waals surface area (Å²) in [6, 6.07) is 7.06. The van der Waals surface area contributed by atoms with Gasteiger partial charge in [-0.3, -0.25) is 9.36 Å². The van der Waals surface area contributed by atoms with Crippen molar-refractivity contribution in [1.82, 2.24) is 0 Å². The van der Waals surface area contributed by atoms with Gasteiger partial charge in [-0.2, -0.15) is 0 Å². The lowest BCUT2D eigenvalue weighted by Gasteiger charge is -2.19. The van der Waals surface area contributed by atoms with Crippen LogP contribution in [-0.4, -0.2) is 20.2 Å². The summed E-state index contributed by atoms with van der Waals surface area (Å²) >= 11 is 3.33. The average Bonchev–Trinajstić information content (AvgIpc) is 2.46. The molecule has 1 aromatic rings. The third kappa shape index (κ3) is 5.36. The molecular formula is C15H20BrO5P. The first-order chi connectivity index (χ1) is 10.1.